The van der Waals surface area contributed by atoms with Crippen LogP contribution in [0.1, 0.15) is 23.2 Å². The number of carbonyl (C=O) groups is 1. The average Bonchev–Trinajstić information content (AvgIpc) is 3.27. The largest absolute Gasteiger partial charge is 0.376 e. The number of carbonyl (C=O) groups excluding carboxylic acids is 1. The molecule has 0 bridgehead atoms. The van der Waals surface area contributed by atoms with Crippen LogP contribution in [0, 0.1) is 0 Å². The SMILES string of the molecule is O=C(Nc1nc2ccccc2s1)c1c[nH]c(=O)n(CC2CCCO2)c1=O. The van der Waals surface area contributed by atoms with Gasteiger partial charge in [0.15, 0.2) is 5.13 Å². The maximum atomic E-state index is 12.6. The third-order valence-electron chi connectivity index (χ3n) is 4.23. The molecule has 3 aromatic rings. The molecule has 1 fully saturated rings. The molecule has 3 heterocycles. The van der Waals surface area contributed by atoms with Gasteiger partial charge in [-0.15, -0.1) is 0 Å². The second-order valence-corrected chi connectivity index (χ2v) is 7.03. The van der Waals surface area contributed by atoms with E-state index in [1.165, 1.54) is 11.3 Å². The number of thiazole rings is 1. The summed E-state index contributed by atoms with van der Waals surface area (Å²) >= 11 is 1.32. The lowest BCUT2D eigenvalue weighted by Crippen LogP contribution is -2.41. The van der Waals surface area contributed by atoms with E-state index in [0.29, 0.717) is 11.7 Å². The Labute approximate surface area is 151 Å². The van der Waals surface area contributed by atoms with E-state index in [-0.39, 0.29) is 18.2 Å². The third-order valence-corrected chi connectivity index (χ3v) is 5.18. The van der Waals surface area contributed by atoms with Crippen LogP contribution in [0.2, 0.25) is 0 Å². The van der Waals surface area contributed by atoms with Crippen molar-refractivity contribution in [2.75, 3.05) is 11.9 Å². The van der Waals surface area contributed by atoms with Crippen molar-refractivity contribution in [2.45, 2.75) is 25.5 Å². The van der Waals surface area contributed by atoms with Gasteiger partial charge >= 0.3 is 5.69 Å². The smallest absolute Gasteiger partial charge is 0.328 e. The lowest BCUT2D eigenvalue weighted by molar-refractivity contribution is 0.0941. The zero-order chi connectivity index (χ0) is 18.1. The number of rotatable bonds is 4. The summed E-state index contributed by atoms with van der Waals surface area (Å²) in [4.78, 5) is 43.8. The van der Waals surface area contributed by atoms with E-state index in [2.05, 4.69) is 15.3 Å². The van der Waals surface area contributed by atoms with Crippen LogP contribution < -0.4 is 16.6 Å². The molecular weight excluding hydrogens is 356 g/mol. The molecule has 1 atom stereocenters. The predicted molar refractivity (Wildman–Crippen MR) is 97.9 cm³/mol. The fourth-order valence-electron chi connectivity index (χ4n) is 2.92. The molecular formula is C17H16N4O4S. The number of anilines is 1. The summed E-state index contributed by atoms with van der Waals surface area (Å²) in [5.41, 5.74) is -0.559. The highest BCUT2D eigenvalue weighted by Gasteiger charge is 2.21. The minimum Gasteiger partial charge on any atom is -0.376 e. The summed E-state index contributed by atoms with van der Waals surface area (Å²) in [5, 5.41) is 3.03. The summed E-state index contributed by atoms with van der Waals surface area (Å²) in [7, 11) is 0. The normalized spacial score (nSPS) is 16.8. The summed E-state index contributed by atoms with van der Waals surface area (Å²) in [6.45, 7) is 0.755. The average molecular weight is 372 g/mol. The van der Waals surface area contributed by atoms with E-state index in [4.69, 9.17) is 4.74 Å². The van der Waals surface area contributed by atoms with Crippen LogP contribution in [-0.2, 0) is 11.3 Å². The first-order valence-electron chi connectivity index (χ1n) is 8.23. The van der Waals surface area contributed by atoms with Crippen molar-refractivity contribution in [1.29, 1.82) is 0 Å². The number of nitrogens with one attached hydrogen (secondary N) is 2. The van der Waals surface area contributed by atoms with E-state index in [1.807, 2.05) is 24.3 Å². The molecule has 4 rings (SSSR count). The highest BCUT2D eigenvalue weighted by atomic mass is 32.1. The number of amides is 1. The quantitative estimate of drug-likeness (QED) is 0.723. The highest BCUT2D eigenvalue weighted by Crippen LogP contribution is 2.25. The number of aromatic amines is 1. The van der Waals surface area contributed by atoms with Crippen LogP contribution in [0.25, 0.3) is 10.2 Å². The molecule has 1 unspecified atom stereocenters. The van der Waals surface area contributed by atoms with Crippen LogP contribution in [0.3, 0.4) is 0 Å². The predicted octanol–water partition coefficient (Wildman–Crippen LogP) is 1.58. The van der Waals surface area contributed by atoms with Gasteiger partial charge in [-0.3, -0.25) is 19.5 Å². The van der Waals surface area contributed by atoms with Gasteiger partial charge < -0.3 is 9.72 Å². The monoisotopic (exact) mass is 372 g/mol. The number of H-pyrrole nitrogens is 1. The van der Waals surface area contributed by atoms with Crippen molar-refractivity contribution in [3.8, 4) is 0 Å². The molecule has 9 heteroatoms. The molecule has 8 nitrogen and oxygen atoms in total. The number of aromatic nitrogens is 3. The van der Waals surface area contributed by atoms with Crippen LogP contribution >= 0.6 is 11.3 Å². The fourth-order valence-corrected chi connectivity index (χ4v) is 3.78. The lowest BCUT2D eigenvalue weighted by Gasteiger charge is -2.11. The van der Waals surface area contributed by atoms with Gasteiger partial charge in [-0.2, -0.15) is 0 Å². The molecule has 1 amide bonds. The highest BCUT2D eigenvalue weighted by molar-refractivity contribution is 7.22. The summed E-state index contributed by atoms with van der Waals surface area (Å²) < 4.78 is 7.42. The molecule has 26 heavy (non-hydrogen) atoms. The van der Waals surface area contributed by atoms with Crippen molar-refractivity contribution < 1.29 is 9.53 Å². The molecule has 0 saturated carbocycles. The topological polar surface area (TPSA) is 106 Å². The number of hydrogen-bond donors (Lipinski definition) is 2. The van der Waals surface area contributed by atoms with E-state index >= 15 is 0 Å². The Bertz CT molecular complexity index is 1050. The second-order valence-electron chi connectivity index (χ2n) is 6.00. The minimum absolute atomic E-state index is 0.135. The van der Waals surface area contributed by atoms with Crippen molar-refractivity contribution >= 4 is 32.6 Å². The van der Waals surface area contributed by atoms with Gasteiger partial charge in [-0.25, -0.2) is 9.78 Å². The van der Waals surface area contributed by atoms with Gasteiger partial charge in [-0.05, 0) is 25.0 Å². The Hall–Kier alpha value is -2.78. The van der Waals surface area contributed by atoms with Crippen LogP contribution in [-0.4, -0.2) is 33.2 Å². The molecule has 2 N–H and O–H groups in total. The van der Waals surface area contributed by atoms with E-state index in [9.17, 15) is 14.4 Å². The Morgan fingerprint density at radius 3 is 3.00 bits per heavy atom. The maximum absolute atomic E-state index is 12.6. The lowest BCUT2D eigenvalue weighted by atomic mass is 10.2. The van der Waals surface area contributed by atoms with Crippen LogP contribution in [0.5, 0.6) is 0 Å². The summed E-state index contributed by atoms with van der Waals surface area (Å²) in [5.74, 6) is -0.605. The van der Waals surface area contributed by atoms with Crippen LogP contribution in [0.4, 0.5) is 5.13 Å². The zero-order valence-corrected chi connectivity index (χ0v) is 14.5. The van der Waals surface area contributed by atoms with Gasteiger partial charge in [0.2, 0.25) is 0 Å². The molecule has 2 aromatic heterocycles. The molecule has 134 valence electrons. The molecule has 1 saturated heterocycles. The Balaban J connectivity index is 1.61. The van der Waals surface area contributed by atoms with Crippen molar-refractivity contribution in [3.63, 3.8) is 0 Å². The summed E-state index contributed by atoms with van der Waals surface area (Å²) in [6.07, 6.45) is 2.64. The van der Waals surface area contributed by atoms with Gasteiger partial charge in [0, 0.05) is 12.8 Å². The van der Waals surface area contributed by atoms with Gasteiger partial charge in [0.25, 0.3) is 11.5 Å². The molecule has 0 radical (unpaired) electrons. The number of hydrogen-bond acceptors (Lipinski definition) is 6. The first-order chi connectivity index (χ1) is 12.6. The Morgan fingerprint density at radius 2 is 2.23 bits per heavy atom. The Morgan fingerprint density at radius 1 is 1.38 bits per heavy atom. The van der Waals surface area contributed by atoms with Crippen molar-refractivity contribution in [2.24, 2.45) is 0 Å². The van der Waals surface area contributed by atoms with Crippen LogP contribution in [0.15, 0.2) is 40.1 Å². The fraction of sp³-hybridized carbons (Fsp3) is 0.294. The van der Waals surface area contributed by atoms with Crippen molar-refractivity contribution in [3.05, 3.63) is 56.9 Å². The third kappa shape index (κ3) is 3.18. The number of benzene rings is 1. The molecule has 1 aromatic carbocycles. The summed E-state index contributed by atoms with van der Waals surface area (Å²) in [6, 6.07) is 7.49. The van der Waals surface area contributed by atoms with Gasteiger partial charge in [-0.1, -0.05) is 23.5 Å². The van der Waals surface area contributed by atoms with E-state index < -0.39 is 17.2 Å². The standard InChI is InChI=1S/C17H16N4O4S/c22-14(20-16-19-12-5-1-2-6-13(12)26-16)11-8-18-17(24)21(15(11)23)9-10-4-3-7-25-10/h1-2,5-6,8,10H,3-4,7,9H2,(H,18,24)(H,19,20,22). The molecule has 0 spiro atoms. The maximum Gasteiger partial charge on any atom is 0.328 e. The zero-order valence-electron chi connectivity index (χ0n) is 13.7. The molecule has 1 aliphatic rings. The first-order valence-corrected chi connectivity index (χ1v) is 9.04. The van der Waals surface area contributed by atoms with Gasteiger partial charge in [0.1, 0.15) is 5.56 Å². The minimum atomic E-state index is -0.636. The Kier molecular flexibility index (Phi) is 4.39. The molecule has 0 aliphatic carbocycles. The number of ether oxygens (including phenoxy) is 1. The second kappa shape index (κ2) is 6.85. The van der Waals surface area contributed by atoms with E-state index in [0.717, 1.165) is 33.8 Å². The number of fused-ring (bicyclic) bond motifs is 1. The van der Waals surface area contributed by atoms with E-state index in [1.54, 1.807) is 0 Å². The number of nitrogens with zero attached hydrogens (tertiary/aromatic N) is 2. The van der Waals surface area contributed by atoms with Crippen molar-refractivity contribution in [1.82, 2.24) is 14.5 Å². The van der Waals surface area contributed by atoms with Gasteiger partial charge in [0.05, 0.1) is 22.9 Å². The number of para-hydroxylation sites is 1. The first kappa shape index (κ1) is 16.7. The molecule has 1 aliphatic heterocycles.